The number of carboxylic acid groups (broad SMARTS) is 1. The highest BCUT2D eigenvalue weighted by Crippen LogP contribution is 2.31. The van der Waals surface area contributed by atoms with E-state index in [0.29, 0.717) is 5.92 Å². The molecule has 0 aromatic carbocycles. The van der Waals surface area contributed by atoms with Gasteiger partial charge < -0.3 is 10.0 Å². The molecule has 0 spiro atoms. The van der Waals surface area contributed by atoms with E-state index in [2.05, 4.69) is 30.6 Å². The Balaban J connectivity index is 2.13. The molecule has 1 fully saturated rings. The van der Waals surface area contributed by atoms with Crippen LogP contribution in [0.15, 0.2) is 11.4 Å². The Morgan fingerprint density at radius 3 is 2.67 bits per heavy atom. The molecule has 2 atom stereocenters. The van der Waals surface area contributed by atoms with Crippen LogP contribution in [0.3, 0.4) is 0 Å². The number of hydrogen-bond donors (Lipinski definition) is 1. The van der Waals surface area contributed by atoms with Crippen molar-refractivity contribution in [3.63, 3.8) is 0 Å². The van der Waals surface area contributed by atoms with Gasteiger partial charge in [0.25, 0.3) is 0 Å². The molecule has 1 aromatic heterocycles. The van der Waals surface area contributed by atoms with Crippen LogP contribution in [0.25, 0.3) is 0 Å². The quantitative estimate of drug-likeness (QED) is 0.908. The van der Waals surface area contributed by atoms with Gasteiger partial charge in [-0.25, -0.2) is 0 Å². The number of hydrogen-bond acceptors (Lipinski definition) is 4. The van der Waals surface area contributed by atoms with Crippen LogP contribution in [-0.4, -0.2) is 53.1 Å². The van der Waals surface area contributed by atoms with Crippen molar-refractivity contribution >= 4 is 17.3 Å². The first-order valence-corrected chi connectivity index (χ1v) is 8.53. The maximum atomic E-state index is 11.8. The third-order valence-electron chi connectivity index (χ3n) is 4.10. The fourth-order valence-electron chi connectivity index (χ4n) is 3.18. The lowest BCUT2D eigenvalue weighted by atomic mass is 10.0. The van der Waals surface area contributed by atoms with Gasteiger partial charge in [-0.2, -0.15) is 0 Å². The molecule has 1 N–H and O–H groups in total. The van der Waals surface area contributed by atoms with Crippen molar-refractivity contribution in [2.24, 2.45) is 5.92 Å². The summed E-state index contributed by atoms with van der Waals surface area (Å²) in [4.78, 5) is 17.4. The number of nitrogens with zero attached hydrogens (tertiary/aromatic N) is 2. The van der Waals surface area contributed by atoms with Gasteiger partial charge in [0.2, 0.25) is 0 Å². The molecule has 2 unspecified atom stereocenters. The lowest BCUT2D eigenvalue weighted by molar-refractivity contribution is -0.145. The third-order valence-corrected chi connectivity index (χ3v) is 5.17. The van der Waals surface area contributed by atoms with E-state index in [9.17, 15) is 9.90 Å². The Kier molecular flexibility index (Phi) is 5.41. The smallest absolute Gasteiger partial charge is 0.326 e. The van der Waals surface area contributed by atoms with E-state index in [1.807, 2.05) is 18.4 Å². The molecular weight excluding hydrogens is 284 g/mol. The molecule has 118 valence electrons. The zero-order valence-electron chi connectivity index (χ0n) is 13.4. The highest BCUT2D eigenvalue weighted by molar-refractivity contribution is 7.10. The number of piperazine rings is 1. The summed E-state index contributed by atoms with van der Waals surface area (Å²) in [5.41, 5.74) is 1.09. The lowest BCUT2D eigenvalue weighted by Gasteiger charge is -2.43. The van der Waals surface area contributed by atoms with Crippen molar-refractivity contribution < 1.29 is 9.90 Å². The summed E-state index contributed by atoms with van der Waals surface area (Å²) in [5, 5.41) is 11.7. The van der Waals surface area contributed by atoms with Crippen molar-refractivity contribution in [1.29, 1.82) is 0 Å². The Hall–Kier alpha value is -0.910. The van der Waals surface area contributed by atoms with Crippen molar-refractivity contribution in [2.75, 3.05) is 26.2 Å². The monoisotopic (exact) mass is 310 g/mol. The Morgan fingerprint density at radius 2 is 2.19 bits per heavy atom. The summed E-state index contributed by atoms with van der Waals surface area (Å²) in [6, 6.07) is 1.77. The second kappa shape index (κ2) is 6.90. The Bertz CT molecular complexity index is 486. The molecule has 0 amide bonds. The molecule has 0 aliphatic carbocycles. The Labute approximate surface area is 131 Å². The van der Waals surface area contributed by atoms with E-state index in [-0.39, 0.29) is 6.04 Å². The molecular formula is C16H26N2O2S. The molecule has 2 heterocycles. The van der Waals surface area contributed by atoms with E-state index < -0.39 is 12.0 Å². The predicted octanol–water partition coefficient (Wildman–Crippen LogP) is 2.84. The van der Waals surface area contributed by atoms with Crippen LogP contribution in [0.1, 0.15) is 37.3 Å². The van der Waals surface area contributed by atoms with E-state index in [1.165, 1.54) is 0 Å². The number of aryl methyl sites for hydroxylation is 1. The van der Waals surface area contributed by atoms with Crippen LogP contribution in [0, 0.1) is 12.8 Å². The molecule has 1 aliphatic rings. The van der Waals surface area contributed by atoms with Crippen molar-refractivity contribution in [1.82, 2.24) is 9.80 Å². The molecule has 0 radical (unpaired) electrons. The largest absolute Gasteiger partial charge is 0.480 e. The first-order chi connectivity index (χ1) is 9.90. The molecule has 0 bridgehead atoms. The van der Waals surface area contributed by atoms with Gasteiger partial charge in [0, 0.05) is 37.1 Å². The SMILES string of the molecule is Cc1ccsc1C(C(=O)O)N1CCN(CC(C)C)CC1C. The summed E-state index contributed by atoms with van der Waals surface area (Å²) in [6.07, 6.45) is 0. The number of thiophene rings is 1. The van der Waals surface area contributed by atoms with Crippen LogP contribution < -0.4 is 0 Å². The highest BCUT2D eigenvalue weighted by atomic mass is 32.1. The van der Waals surface area contributed by atoms with Gasteiger partial charge in [-0.05, 0) is 36.8 Å². The second-order valence-corrected chi connectivity index (χ2v) is 7.40. The summed E-state index contributed by atoms with van der Waals surface area (Å²) in [5.74, 6) is -0.0803. The van der Waals surface area contributed by atoms with E-state index in [0.717, 1.165) is 36.6 Å². The van der Waals surface area contributed by atoms with E-state index in [1.54, 1.807) is 11.3 Å². The standard InChI is InChI=1S/C16H26N2O2S/c1-11(2)9-17-6-7-18(13(4)10-17)14(16(19)20)15-12(3)5-8-21-15/h5,8,11,13-14H,6-7,9-10H2,1-4H3,(H,19,20). The molecule has 1 aromatic rings. The van der Waals surface area contributed by atoms with Crippen LogP contribution in [0.4, 0.5) is 0 Å². The van der Waals surface area contributed by atoms with Gasteiger partial charge in [0.05, 0.1) is 0 Å². The fourth-order valence-corrected chi connectivity index (χ4v) is 4.22. The van der Waals surface area contributed by atoms with Gasteiger partial charge >= 0.3 is 5.97 Å². The third kappa shape index (κ3) is 3.84. The fraction of sp³-hybridized carbons (Fsp3) is 0.688. The van der Waals surface area contributed by atoms with Crippen LogP contribution >= 0.6 is 11.3 Å². The van der Waals surface area contributed by atoms with Crippen molar-refractivity contribution in [2.45, 2.75) is 39.8 Å². The van der Waals surface area contributed by atoms with Gasteiger partial charge in [0.15, 0.2) is 0 Å². The van der Waals surface area contributed by atoms with Crippen LogP contribution in [0.5, 0.6) is 0 Å². The molecule has 1 aliphatic heterocycles. The molecule has 1 saturated heterocycles. The van der Waals surface area contributed by atoms with Gasteiger partial charge in [-0.1, -0.05) is 13.8 Å². The maximum absolute atomic E-state index is 11.8. The summed E-state index contributed by atoms with van der Waals surface area (Å²) in [7, 11) is 0. The van der Waals surface area contributed by atoms with Gasteiger partial charge in [0.1, 0.15) is 6.04 Å². The lowest BCUT2D eigenvalue weighted by Crippen LogP contribution is -2.54. The van der Waals surface area contributed by atoms with Gasteiger partial charge in [-0.15, -0.1) is 11.3 Å². The molecule has 4 nitrogen and oxygen atoms in total. The normalized spacial score (nSPS) is 22.6. The van der Waals surface area contributed by atoms with Crippen molar-refractivity contribution in [3.05, 3.63) is 21.9 Å². The zero-order valence-corrected chi connectivity index (χ0v) is 14.2. The zero-order chi connectivity index (χ0) is 15.6. The first-order valence-electron chi connectivity index (χ1n) is 7.65. The minimum absolute atomic E-state index is 0.264. The number of rotatable bonds is 5. The molecule has 2 rings (SSSR count). The Morgan fingerprint density at radius 1 is 1.48 bits per heavy atom. The average molecular weight is 310 g/mol. The molecule has 5 heteroatoms. The average Bonchev–Trinajstić information content (AvgIpc) is 2.78. The minimum Gasteiger partial charge on any atom is -0.480 e. The van der Waals surface area contributed by atoms with Crippen molar-refractivity contribution in [3.8, 4) is 0 Å². The van der Waals surface area contributed by atoms with E-state index >= 15 is 0 Å². The van der Waals surface area contributed by atoms with Crippen LogP contribution in [0.2, 0.25) is 0 Å². The van der Waals surface area contributed by atoms with Crippen LogP contribution in [-0.2, 0) is 4.79 Å². The second-order valence-electron chi connectivity index (χ2n) is 6.45. The number of carbonyl (C=O) groups is 1. The maximum Gasteiger partial charge on any atom is 0.326 e. The summed E-state index contributed by atoms with van der Waals surface area (Å²) < 4.78 is 0. The minimum atomic E-state index is -0.732. The molecule has 21 heavy (non-hydrogen) atoms. The highest BCUT2D eigenvalue weighted by Gasteiger charge is 2.35. The summed E-state index contributed by atoms with van der Waals surface area (Å²) in [6.45, 7) is 12.4. The first kappa shape index (κ1) is 16.5. The predicted molar refractivity (Wildman–Crippen MR) is 86.9 cm³/mol. The topological polar surface area (TPSA) is 43.8 Å². The molecule has 0 saturated carbocycles. The number of carboxylic acids is 1. The number of aliphatic carboxylic acids is 1. The van der Waals surface area contributed by atoms with Gasteiger partial charge in [-0.3, -0.25) is 9.69 Å². The van der Waals surface area contributed by atoms with E-state index in [4.69, 9.17) is 0 Å². The summed E-state index contributed by atoms with van der Waals surface area (Å²) >= 11 is 1.56.